The van der Waals surface area contributed by atoms with E-state index in [4.69, 9.17) is 11.6 Å². The van der Waals surface area contributed by atoms with Crippen molar-refractivity contribution in [2.45, 2.75) is 32.1 Å². The third-order valence-corrected chi connectivity index (χ3v) is 3.97. The molecular weight excluding hydrogens is 210 g/mol. The van der Waals surface area contributed by atoms with Gasteiger partial charge in [0.2, 0.25) is 0 Å². The molecule has 1 aliphatic carbocycles. The maximum Gasteiger partial charge on any atom is 0.264 e. The lowest BCUT2D eigenvalue weighted by Gasteiger charge is -2.41. The van der Waals surface area contributed by atoms with Crippen LogP contribution in [0.15, 0.2) is 11.6 Å². The largest absolute Gasteiger partial charge is 0.338 e. The second-order valence-electron chi connectivity index (χ2n) is 4.75. The fourth-order valence-corrected chi connectivity index (χ4v) is 3.08. The molecule has 0 aromatic heterocycles. The van der Waals surface area contributed by atoms with Crippen molar-refractivity contribution in [2.75, 3.05) is 13.1 Å². The zero-order valence-corrected chi connectivity index (χ0v) is 9.80. The minimum absolute atomic E-state index is 0.0688. The van der Waals surface area contributed by atoms with Crippen LogP contribution >= 0.6 is 11.6 Å². The van der Waals surface area contributed by atoms with Gasteiger partial charge in [0, 0.05) is 13.1 Å². The van der Waals surface area contributed by atoms with Crippen LogP contribution in [0.5, 0.6) is 0 Å². The van der Waals surface area contributed by atoms with Gasteiger partial charge in [0.1, 0.15) is 0 Å². The van der Waals surface area contributed by atoms with E-state index in [9.17, 15) is 4.79 Å². The molecule has 84 valence electrons. The Labute approximate surface area is 96.3 Å². The molecule has 0 aromatic rings. The van der Waals surface area contributed by atoms with Crippen molar-refractivity contribution >= 4 is 17.5 Å². The number of nitrogens with zero attached hydrogens (tertiary/aromatic N) is 1. The van der Waals surface area contributed by atoms with Gasteiger partial charge in [-0.25, -0.2) is 0 Å². The van der Waals surface area contributed by atoms with Crippen LogP contribution in [-0.4, -0.2) is 23.9 Å². The molecule has 2 fully saturated rings. The third kappa shape index (κ3) is 2.36. The van der Waals surface area contributed by atoms with E-state index in [1.165, 1.54) is 25.7 Å². The fourth-order valence-electron chi connectivity index (χ4n) is 2.96. The second-order valence-corrected chi connectivity index (χ2v) is 5.21. The molecule has 0 spiro atoms. The topological polar surface area (TPSA) is 20.3 Å². The summed E-state index contributed by atoms with van der Waals surface area (Å²) in [6, 6.07) is 0. The van der Waals surface area contributed by atoms with Gasteiger partial charge < -0.3 is 4.90 Å². The normalized spacial score (nSPS) is 30.9. The first kappa shape index (κ1) is 11.0. The Hall–Kier alpha value is -0.500. The lowest BCUT2D eigenvalue weighted by Crippen LogP contribution is -2.44. The van der Waals surface area contributed by atoms with Gasteiger partial charge >= 0.3 is 0 Å². The van der Waals surface area contributed by atoms with E-state index in [-0.39, 0.29) is 10.9 Å². The zero-order valence-electron chi connectivity index (χ0n) is 9.04. The highest BCUT2D eigenvalue weighted by atomic mass is 35.5. The minimum Gasteiger partial charge on any atom is -0.338 e. The predicted octanol–water partition coefficient (Wildman–Crippen LogP) is 2.78. The molecule has 0 bridgehead atoms. The lowest BCUT2D eigenvalue weighted by atomic mass is 9.75. The molecule has 15 heavy (non-hydrogen) atoms. The van der Waals surface area contributed by atoms with Crippen molar-refractivity contribution < 1.29 is 4.79 Å². The number of carbonyl (C=O) groups excluding carboxylic acids is 1. The minimum atomic E-state index is -0.0688. The predicted molar refractivity (Wildman–Crippen MR) is 61.6 cm³/mol. The highest BCUT2D eigenvalue weighted by Gasteiger charge is 2.33. The summed E-state index contributed by atoms with van der Waals surface area (Å²) in [6.07, 6.45) is 6.49. The van der Waals surface area contributed by atoms with Crippen LogP contribution in [0, 0.1) is 11.8 Å². The number of likely N-dealkylation sites (tertiary alicyclic amines) is 1. The number of hydrogen-bond acceptors (Lipinski definition) is 1. The molecule has 1 saturated heterocycles. The number of rotatable bonds is 1. The molecule has 2 rings (SSSR count). The molecule has 1 aliphatic heterocycles. The molecule has 1 amide bonds. The van der Waals surface area contributed by atoms with Crippen molar-refractivity contribution in [3.05, 3.63) is 11.6 Å². The lowest BCUT2D eigenvalue weighted by molar-refractivity contribution is -0.129. The van der Waals surface area contributed by atoms with Crippen LogP contribution in [0.4, 0.5) is 0 Å². The Morgan fingerprint density at radius 1 is 1.20 bits per heavy atom. The fraction of sp³-hybridized carbons (Fsp3) is 0.750. The van der Waals surface area contributed by atoms with Crippen LogP contribution < -0.4 is 0 Å². The van der Waals surface area contributed by atoms with Gasteiger partial charge in [-0.1, -0.05) is 37.4 Å². The molecule has 0 aromatic carbocycles. The molecule has 0 radical (unpaired) electrons. The molecule has 1 saturated carbocycles. The van der Waals surface area contributed by atoms with E-state index in [2.05, 4.69) is 6.58 Å². The van der Waals surface area contributed by atoms with Crippen molar-refractivity contribution in [1.82, 2.24) is 4.90 Å². The number of fused-ring (bicyclic) bond motifs is 1. The van der Waals surface area contributed by atoms with Crippen LogP contribution in [0.1, 0.15) is 32.1 Å². The van der Waals surface area contributed by atoms with Gasteiger partial charge in [-0.05, 0) is 24.7 Å². The summed E-state index contributed by atoms with van der Waals surface area (Å²) in [4.78, 5) is 13.5. The second kappa shape index (κ2) is 4.56. The SMILES string of the molecule is C=C(Cl)C(=O)N1CCC2CCCCC2C1. The van der Waals surface area contributed by atoms with E-state index in [0.717, 1.165) is 25.4 Å². The third-order valence-electron chi connectivity index (χ3n) is 3.81. The van der Waals surface area contributed by atoms with Gasteiger partial charge in [-0.2, -0.15) is 0 Å². The number of hydrogen-bond donors (Lipinski definition) is 0. The summed E-state index contributed by atoms with van der Waals surface area (Å²) in [5, 5.41) is 0.157. The van der Waals surface area contributed by atoms with E-state index in [0.29, 0.717) is 5.92 Å². The molecule has 2 aliphatic rings. The highest BCUT2D eigenvalue weighted by molar-refractivity contribution is 6.41. The summed E-state index contributed by atoms with van der Waals surface area (Å²) in [5.41, 5.74) is 0. The standard InChI is InChI=1S/C12H18ClNO/c1-9(13)12(15)14-7-6-10-4-2-3-5-11(10)8-14/h10-11H,1-8H2. The van der Waals surface area contributed by atoms with Gasteiger partial charge in [0.25, 0.3) is 5.91 Å². The van der Waals surface area contributed by atoms with E-state index in [1.807, 2.05) is 4.90 Å². The van der Waals surface area contributed by atoms with Crippen LogP contribution in [-0.2, 0) is 4.79 Å². The quantitative estimate of drug-likeness (QED) is 0.631. The smallest absolute Gasteiger partial charge is 0.264 e. The Kier molecular flexibility index (Phi) is 3.35. The first-order valence-corrected chi connectivity index (χ1v) is 6.20. The van der Waals surface area contributed by atoms with Crippen LogP contribution in [0.25, 0.3) is 0 Å². The Bertz CT molecular complexity index is 277. The Morgan fingerprint density at radius 2 is 1.87 bits per heavy atom. The average molecular weight is 228 g/mol. The van der Waals surface area contributed by atoms with Gasteiger partial charge in [-0.15, -0.1) is 0 Å². The van der Waals surface area contributed by atoms with Gasteiger partial charge in [0.05, 0.1) is 5.03 Å². The van der Waals surface area contributed by atoms with Crippen molar-refractivity contribution in [2.24, 2.45) is 11.8 Å². The molecular formula is C12H18ClNO. The summed E-state index contributed by atoms with van der Waals surface area (Å²) in [6.45, 7) is 5.27. The number of amides is 1. The maximum atomic E-state index is 11.7. The first-order chi connectivity index (χ1) is 7.18. The molecule has 0 N–H and O–H groups in total. The van der Waals surface area contributed by atoms with E-state index < -0.39 is 0 Å². The molecule has 3 heteroatoms. The maximum absolute atomic E-state index is 11.7. The monoisotopic (exact) mass is 227 g/mol. The van der Waals surface area contributed by atoms with Crippen LogP contribution in [0.2, 0.25) is 0 Å². The van der Waals surface area contributed by atoms with E-state index >= 15 is 0 Å². The Morgan fingerprint density at radius 3 is 2.53 bits per heavy atom. The summed E-state index contributed by atoms with van der Waals surface area (Å²) < 4.78 is 0. The first-order valence-electron chi connectivity index (χ1n) is 5.82. The highest BCUT2D eigenvalue weighted by Crippen LogP contribution is 2.36. The van der Waals surface area contributed by atoms with Crippen molar-refractivity contribution in [3.63, 3.8) is 0 Å². The zero-order chi connectivity index (χ0) is 10.8. The number of carbonyl (C=O) groups is 1. The van der Waals surface area contributed by atoms with Crippen molar-refractivity contribution in [3.8, 4) is 0 Å². The molecule has 2 unspecified atom stereocenters. The number of halogens is 1. The van der Waals surface area contributed by atoms with Gasteiger partial charge in [-0.3, -0.25) is 4.79 Å². The Balaban J connectivity index is 1.96. The van der Waals surface area contributed by atoms with Gasteiger partial charge in [0.15, 0.2) is 0 Å². The molecule has 1 heterocycles. The molecule has 2 nitrogen and oxygen atoms in total. The number of piperidine rings is 1. The van der Waals surface area contributed by atoms with Crippen molar-refractivity contribution in [1.29, 1.82) is 0 Å². The summed E-state index contributed by atoms with van der Waals surface area (Å²) in [7, 11) is 0. The van der Waals surface area contributed by atoms with Crippen LogP contribution in [0.3, 0.4) is 0 Å². The average Bonchev–Trinajstić information content (AvgIpc) is 2.27. The molecule has 2 atom stereocenters. The summed E-state index contributed by atoms with van der Waals surface area (Å²) in [5.74, 6) is 1.50. The summed E-state index contributed by atoms with van der Waals surface area (Å²) >= 11 is 5.65. The van der Waals surface area contributed by atoms with E-state index in [1.54, 1.807) is 0 Å².